The van der Waals surface area contributed by atoms with Gasteiger partial charge in [-0.2, -0.15) is 0 Å². The molecule has 1 rings (SSSR count). The van der Waals surface area contributed by atoms with E-state index in [2.05, 4.69) is 5.32 Å². The van der Waals surface area contributed by atoms with Crippen LogP contribution in [0.15, 0.2) is 30.3 Å². The summed E-state index contributed by atoms with van der Waals surface area (Å²) in [6.07, 6.45) is 0.212. The van der Waals surface area contributed by atoms with E-state index < -0.39 is 18.1 Å². The zero-order chi connectivity index (χ0) is 12.7. The Morgan fingerprint density at radius 2 is 2.06 bits per heavy atom. The second kappa shape index (κ2) is 7.04. The lowest BCUT2D eigenvalue weighted by atomic mass is 10.1. The molecular formula is C13H20N2O2. The number of carbonyl (C=O) groups excluding carboxylic acids is 1. The third-order valence-corrected chi connectivity index (χ3v) is 2.70. The Balaban J connectivity index is 2.29. The van der Waals surface area contributed by atoms with Gasteiger partial charge in [0.05, 0.1) is 0 Å². The molecule has 2 atom stereocenters. The van der Waals surface area contributed by atoms with Crippen LogP contribution in [0.4, 0.5) is 0 Å². The van der Waals surface area contributed by atoms with Gasteiger partial charge in [0.25, 0.3) is 0 Å². The number of nitrogens with one attached hydrogen (secondary N) is 1. The van der Waals surface area contributed by atoms with Gasteiger partial charge in [-0.3, -0.25) is 4.79 Å². The summed E-state index contributed by atoms with van der Waals surface area (Å²) in [5.41, 5.74) is 6.74. The molecule has 1 aromatic carbocycles. The van der Waals surface area contributed by atoms with Crippen LogP contribution in [0.1, 0.15) is 18.9 Å². The highest BCUT2D eigenvalue weighted by Gasteiger charge is 2.20. The first-order valence-electron chi connectivity index (χ1n) is 5.90. The molecule has 0 unspecified atom stereocenters. The largest absolute Gasteiger partial charge is 0.382 e. The van der Waals surface area contributed by atoms with Gasteiger partial charge in [-0.05, 0) is 18.4 Å². The Morgan fingerprint density at radius 1 is 1.41 bits per heavy atom. The van der Waals surface area contributed by atoms with Crippen molar-refractivity contribution in [2.24, 2.45) is 5.73 Å². The number of aliphatic hydroxyl groups is 1. The number of nitrogens with two attached hydrogens (primary N) is 1. The van der Waals surface area contributed by atoms with Gasteiger partial charge in [-0.15, -0.1) is 0 Å². The second-order valence-corrected chi connectivity index (χ2v) is 4.04. The molecule has 0 aliphatic heterocycles. The molecule has 94 valence electrons. The van der Waals surface area contributed by atoms with Crippen LogP contribution in [0.5, 0.6) is 0 Å². The predicted molar refractivity (Wildman–Crippen MR) is 67.4 cm³/mol. The summed E-state index contributed by atoms with van der Waals surface area (Å²) in [7, 11) is 0. The number of amides is 1. The van der Waals surface area contributed by atoms with Gasteiger partial charge in [0.2, 0.25) is 5.91 Å². The van der Waals surface area contributed by atoms with E-state index >= 15 is 0 Å². The number of hydrogen-bond donors (Lipinski definition) is 3. The Labute approximate surface area is 102 Å². The van der Waals surface area contributed by atoms with Crippen molar-refractivity contribution in [2.75, 3.05) is 6.54 Å². The highest BCUT2D eigenvalue weighted by molar-refractivity contribution is 5.81. The summed E-state index contributed by atoms with van der Waals surface area (Å²) in [5.74, 6) is -0.393. The first-order valence-corrected chi connectivity index (χ1v) is 5.90. The van der Waals surface area contributed by atoms with Gasteiger partial charge in [0.1, 0.15) is 6.10 Å². The molecule has 4 heteroatoms. The molecule has 0 saturated carbocycles. The van der Waals surface area contributed by atoms with E-state index in [0.29, 0.717) is 13.0 Å². The smallest absolute Gasteiger partial charge is 0.250 e. The average molecular weight is 236 g/mol. The van der Waals surface area contributed by atoms with E-state index in [9.17, 15) is 9.90 Å². The molecule has 0 radical (unpaired) electrons. The summed E-state index contributed by atoms with van der Waals surface area (Å²) in [6, 6.07) is 9.37. The Kier molecular flexibility index (Phi) is 5.66. The highest BCUT2D eigenvalue weighted by atomic mass is 16.3. The number of benzene rings is 1. The van der Waals surface area contributed by atoms with Crippen LogP contribution < -0.4 is 11.1 Å². The van der Waals surface area contributed by atoms with Crippen LogP contribution in [0, 0.1) is 0 Å². The predicted octanol–water partition coefficient (Wildman–Crippen LogP) is 0.444. The molecule has 0 fully saturated rings. The third-order valence-electron chi connectivity index (χ3n) is 2.70. The lowest BCUT2D eigenvalue weighted by Gasteiger charge is -2.16. The van der Waals surface area contributed by atoms with Gasteiger partial charge < -0.3 is 16.2 Å². The van der Waals surface area contributed by atoms with Gasteiger partial charge in [0.15, 0.2) is 0 Å². The standard InChI is InChI=1S/C13H20N2O2/c1-2-11(14)12(16)13(17)15-9-8-10-6-4-3-5-7-10/h3-7,11-12,16H,2,8-9,14H2,1H3,(H,15,17)/t11-,12-/m0/s1. The zero-order valence-corrected chi connectivity index (χ0v) is 10.1. The second-order valence-electron chi connectivity index (χ2n) is 4.04. The van der Waals surface area contributed by atoms with E-state index in [1.54, 1.807) is 0 Å². The third kappa shape index (κ3) is 4.54. The molecule has 0 aliphatic rings. The number of rotatable bonds is 6. The maximum atomic E-state index is 11.5. The topological polar surface area (TPSA) is 75.3 Å². The summed E-state index contributed by atoms with van der Waals surface area (Å²) in [5, 5.41) is 12.2. The summed E-state index contributed by atoms with van der Waals surface area (Å²) < 4.78 is 0. The molecule has 1 aromatic rings. The molecule has 0 spiro atoms. The lowest BCUT2D eigenvalue weighted by Crippen LogP contribution is -2.46. The van der Waals surface area contributed by atoms with Crippen LogP contribution in [0.3, 0.4) is 0 Å². The van der Waals surface area contributed by atoms with Crippen LogP contribution in [-0.4, -0.2) is 29.7 Å². The van der Waals surface area contributed by atoms with Gasteiger partial charge in [-0.25, -0.2) is 0 Å². The summed E-state index contributed by atoms with van der Waals surface area (Å²) >= 11 is 0. The van der Waals surface area contributed by atoms with Crippen LogP contribution in [0.2, 0.25) is 0 Å². The number of aliphatic hydroxyl groups excluding tert-OH is 1. The highest BCUT2D eigenvalue weighted by Crippen LogP contribution is 1.99. The first-order chi connectivity index (χ1) is 8.15. The van der Waals surface area contributed by atoms with Crippen molar-refractivity contribution in [1.29, 1.82) is 0 Å². The Morgan fingerprint density at radius 3 is 2.65 bits per heavy atom. The molecule has 1 amide bonds. The fourth-order valence-corrected chi connectivity index (χ4v) is 1.50. The van der Waals surface area contributed by atoms with Crippen LogP contribution in [-0.2, 0) is 11.2 Å². The minimum atomic E-state index is -1.12. The summed E-state index contributed by atoms with van der Waals surface area (Å²) in [6.45, 7) is 2.35. The fourth-order valence-electron chi connectivity index (χ4n) is 1.50. The first kappa shape index (κ1) is 13.7. The van der Waals surface area contributed by atoms with Crippen molar-refractivity contribution < 1.29 is 9.90 Å². The van der Waals surface area contributed by atoms with Crippen LogP contribution in [0.25, 0.3) is 0 Å². The molecule has 0 saturated heterocycles. The zero-order valence-electron chi connectivity index (χ0n) is 10.1. The van der Waals surface area contributed by atoms with Gasteiger partial charge in [-0.1, -0.05) is 37.3 Å². The summed E-state index contributed by atoms with van der Waals surface area (Å²) in [4.78, 5) is 11.5. The van der Waals surface area contributed by atoms with Crippen molar-refractivity contribution >= 4 is 5.91 Å². The SMILES string of the molecule is CC[C@H](N)[C@H](O)C(=O)NCCc1ccccc1. The van der Waals surface area contributed by atoms with E-state index in [1.807, 2.05) is 37.3 Å². The molecule has 17 heavy (non-hydrogen) atoms. The molecule has 0 bridgehead atoms. The quantitative estimate of drug-likeness (QED) is 0.671. The lowest BCUT2D eigenvalue weighted by molar-refractivity contribution is -0.130. The molecule has 0 aliphatic carbocycles. The van der Waals surface area contributed by atoms with Gasteiger partial charge >= 0.3 is 0 Å². The maximum Gasteiger partial charge on any atom is 0.250 e. The molecule has 0 heterocycles. The van der Waals surface area contributed by atoms with Crippen molar-refractivity contribution in [1.82, 2.24) is 5.32 Å². The van der Waals surface area contributed by atoms with Crippen molar-refractivity contribution in [3.05, 3.63) is 35.9 Å². The van der Waals surface area contributed by atoms with E-state index in [1.165, 1.54) is 0 Å². The Hall–Kier alpha value is -1.39. The average Bonchev–Trinajstić information content (AvgIpc) is 2.38. The van der Waals surface area contributed by atoms with Gasteiger partial charge in [0, 0.05) is 12.6 Å². The maximum absolute atomic E-state index is 11.5. The molecular weight excluding hydrogens is 216 g/mol. The number of carbonyl (C=O) groups is 1. The van der Waals surface area contributed by atoms with Crippen molar-refractivity contribution in [2.45, 2.75) is 31.9 Å². The van der Waals surface area contributed by atoms with E-state index in [4.69, 9.17) is 5.73 Å². The normalized spacial score (nSPS) is 14.1. The molecule has 0 aromatic heterocycles. The minimum Gasteiger partial charge on any atom is -0.382 e. The van der Waals surface area contributed by atoms with Crippen molar-refractivity contribution in [3.8, 4) is 0 Å². The Bertz CT molecular complexity index is 341. The van der Waals surface area contributed by atoms with E-state index in [-0.39, 0.29) is 0 Å². The minimum absolute atomic E-state index is 0.393. The molecule has 4 N–H and O–H groups in total. The fraction of sp³-hybridized carbons (Fsp3) is 0.462. The monoisotopic (exact) mass is 236 g/mol. The molecule has 4 nitrogen and oxygen atoms in total. The van der Waals surface area contributed by atoms with Crippen molar-refractivity contribution in [3.63, 3.8) is 0 Å². The van der Waals surface area contributed by atoms with E-state index in [0.717, 1.165) is 12.0 Å². The number of hydrogen-bond acceptors (Lipinski definition) is 3. The van der Waals surface area contributed by atoms with Crippen LogP contribution >= 0.6 is 0 Å².